The van der Waals surface area contributed by atoms with Gasteiger partial charge in [-0.3, -0.25) is 0 Å². The summed E-state index contributed by atoms with van der Waals surface area (Å²) in [5.41, 5.74) is 28.6. The van der Waals surface area contributed by atoms with Crippen molar-refractivity contribution in [2.45, 2.75) is 181 Å². The second-order valence-electron chi connectivity index (χ2n) is 28.5. The standard InChI is InChI=1S/C70H80BN3/c1-43-34-50-52(69(14,15)41-67(50,10)11)39-57(43)74-59-40-53-51(68(12,13)42-70(53,16)17)38-55(59)71-54-30-28-48(72(46-24-20-18-21-25-46)47-26-22-19-23-27-47)37-58(54)73(60-35-45(64(3,4)5)36-61(74)63(60)71)56-31-29-49-62(44(56)2)66(8,9)33-32-65(49,6)7/h18-31,34-40H,32-33,41-42H2,1-17H3. The fraction of sp³-hybridized carbons (Fsp3) is 0.400. The highest BCUT2D eigenvalue weighted by Gasteiger charge is 2.50. The first-order valence-electron chi connectivity index (χ1n) is 27.9. The largest absolute Gasteiger partial charge is 0.311 e. The fourth-order valence-electron chi connectivity index (χ4n) is 15.8. The van der Waals surface area contributed by atoms with Gasteiger partial charge >= 0.3 is 0 Å². The fourth-order valence-corrected chi connectivity index (χ4v) is 15.8. The van der Waals surface area contributed by atoms with Crippen molar-refractivity contribution in [3.05, 3.63) is 177 Å². The third-order valence-corrected chi connectivity index (χ3v) is 19.1. The zero-order valence-corrected chi connectivity index (χ0v) is 47.9. The van der Waals surface area contributed by atoms with Crippen molar-refractivity contribution >= 4 is 74.3 Å². The highest BCUT2D eigenvalue weighted by molar-refractivity contribution is 7.00. The summed E-state index contributed by atoms with van der Waals surface area (Å²) in [5.74, 6) is 0. The van der Waals surface area contributed by atoms with Crippen LogP contribution in [0.1, 0.15) is 180 Å². The average molecular weight is 974 g/mol. The maximum absolute atomic E-state index is 2.76. The van der Waals surface area contributed by atoms with Crippen molar-refractivity contribution < 1.29 is 0 Å². The van der Waals surface area contributed by atoms with Crippen LogP contribution in [0.2, 0.25) is 0 Å². The van der Waals surface area contributed by atoms with Gasteiger partial charge in [-0.25, -0.2) is 0 Å². The molecule has 0 aromatic heterocycles. The van der Waals surface area contributed by atoms with Gasteiger partial charge in [0.25, 0.3) is 6.71 Å². The van der Waals surface area contributed by atoms with E-state index in [2.05, 4.69) is 260 Å². The minimum Gasteiger partial charge on any atom is -0.311 e. The van der Waals surface area contributed by atoms with E-state index < -0.39 is 0 Å². The molecule has 0 saturated carbocycles. The van der Waals surface area contributed by atoms with E-state index in [4.69, 9.17) is 0 Å². The molecule has 4 heteroatoms. The molecule has 0 N–H and O–H groups in total. The first-order chi connectivity index (χ1) is 34.6. The summed E-state index contributed by atoms with van der Waals surface area (Å²) in [6.45, 7) is 41.8. The third-order valence-electron chi connectivity index (χ3n) is 19.1. The zero-order valence-electron chi connectivity index (χ0n) is 47.9. The molecule has 2 heterocycles. The van der Waals surface area contributed by atoms with Crippen LogP contribution >= 0.6 is 0 Å². The summed E-state index contributed by atoms with van der Waals surface area (Å²) in [4.78, 5) is 7.94. The molecule has 7 aromatic carbocycles. The van der Waals surface area contributed by atoms with E-state index in [-0.39, 0.29) is 44.6 Å². The van der Waals surface area contributed by atoms with Crippen molar-refractivity contribution in [1.29, 1.82) is 0 Å². The monoisotopic (exact) mass is 974 g/mol. The number of benzene rings is 7. The van der Waals surface area contributed by atoms with Gasteiger partial charge in [-0.15, -0.1) is 0 Å². The van der Waals surface area contributed by atoms with E-state index in [1.807, 2.05) is 0 Å². The van der Waals surface area contributed by atoms with E-state index in [1.165, 1.54) is 107 Å². The van der Waals surface area contributed by atoms with E-state index >= 15 is 0 Å². The van der Waals surface area contributed by atoms with Gasteiger partial charge in [0.05, 0.1) is 0 Å². The molecule has 3 nitrogen and oxygen atoms in total. The molecular formula is C70H80BN3. The number of para-hydroxylation sites is 2. The number of nitrogens with zero attached hydrogens (tertiary/aromatic N) is 3. The summed E-state index contributed by atoms with van der Waals surface area (Å²) in [5, 5.41) is 0. The quantitative estimate of drug-likeness (QED) is 0.159. The van der Waals surface area contributed by atoms with Crippen LogP contribution in [0.3, 0.4) is 0 Å². The first kappa shape index (κ1) is 48.9. The van der Waals surface area contributed by atoms with Crippen LogP contribution in [0, 0.1) is 13.8 Å². The minimum absolute atomic E-state index is 0.00861. The molecule has 0 unspecified atom stereocenters. The molecule has 74 heavy (non-hydrogen) atoms. The summed E-state index contributed by atoms with van der Waals surface area (Å²) in [7, 11) is 0. The predicted molar refractivity (Wildman–Crippen MR) is 320 cm³/mol. The van der Waals surface area contributed by atoms with Crippen LogP contribution in [0.4, 0.5) is 51.2 Å². The molecule has 7 aromatic rings. The average Bonchev–Trinajstić information content (AvgIpc) is 3.63. The lowest BCUT2D eigenvalue weighted by molar-refractivity contribution is 0.330. The van der Waals surface area contributed by atoms with E-state index in [1.54, 1.807) is 0 Å². The van der Waals surface area contributed by atoms with Crippen LogP contribution in [0.25, 0.3) is 0 Å². The number of hydrogen-bond acceptors (Lipinski definition) is 3. The third kappa shape index (κ3) is 7.19. The highest BCUT2D eigenvalue weighted by Crippen LogP contribution is 2.57. The summed E-state index contributed by atoms with van der Waals surface area (Å²) in [6, 6.07) is 50.1. The Balaban J connectivity index is 1.23. The number of aryl methyl sites for hydroxylation is 1. The van der Waals surface area contributed by atoms with Crippen LogP contribution in [0.15, 0.2) is 127 Å². The predicted octanol–water partition coefficient (Wildman–Crippen LogP) is 17.4. The summed E-state index contributed by atoms with van der Waals surface area (Å²) in [6.07, 6.45) is 4.60. The van der Waals surface area contributed by atoms with Gasteiger partial charge in [-0.2, -0.15) is 0 Å². The Morgan fingerprint density at radius 3 is 1.46 bits per heavy atom. The molecule has 5 aliphatic rings. The van der Waals surface area contributed by atoms with Crippen LogP contribution in [-0.2, 0) is 37.9 Å². The highest BCUT2D eigenvalue weighted by atomic mass is 15.2. The molecule has 0 spiro atoms. The molecule has 0 amide bonds. The van der Waals surface area contributed by atoms with Crippen LogP contribution < -0.4 is 31.1 Å². The van der Waals surface area contributed by atoms with Gasteiger partial charge < -0.3 is 14.7 Å². The molecule has 0 bridgehead atoms. The van der Waals surface area contributed by atoms with E-state index in [0.29, 0.717) is 0 Å². The second-order valence-corrected chi connectivity index (χ2v) is 28.5. The van der Waals surface area contributed by atoms with Gasteiger partial charge in [0.1, 0.15) is 0 Å². The van der Waals surface area contributed by atoms with Crippen LogP contribution in [-0.4, -0.2) is 6.71 Å². The van der Waals surface area contributed by atoms with Gasteiger partial charge in [0.2, 0.25) is 0 Å². The van der Waals surface area contributed by atoms with Crippen molar-refractivity contribution in [3.63, 3.8) is 0 Å². The van der Waals surface area contributed by atoms with Gasteiger partial charge in [0, 0.05) is 51.2 Å². The Kier molecular flexibility index (Phi) is 10.4. The topological polar surface area (TPSA) is 9.72 Å². The normalized spacial score (nSPS) is 19.5. The Bertz CT molecular complexity index is 3430. The minimum atomic E-state index is -0.141. The smallest absolute Gasteiger partial charge is 0.252 e. The molecule has 0 fully saturated rings. The Morgan fingerprint density at radius 2 is 0.905 bits per heavy atom. The number of fused-ring (bicyclic) bond motifs is 7. The van der Waals surface area contributed by atoms with Gasteiger partial charge in [-0.1, -0.05) is 165 Å². The lowest BCUT2D eigenvalue weighted by Gasteiger charge is -2.47. The SMILES string of the molecule is Cc1cc2c(cc1N1c3cc4c(cc3B3c5ccc(N(c6ccccc6)c6ccccc6)cc5N(c5ccc6c(c5C)C(C)(C)CCC6(C)C)c5cc(C(C)(C)C)cc1c53)C(C)(C)CC4(C)C)C(C)(C)CC2(C)C. The van der Waals surface area contributed by atoms with Crippen molar-refractivity contribution in [2.24, 2.45) is 0 Å². The lowest BCUT2D eigenvalue weighted by atomic mass is 9.33. The maximum Gasteiger partial charge on any atom is 0.252 e. The molecule has 378 valence electrons. The zero-order chi connectivity index (χ0) is 52.6. The van der Waals surface area contributed by atoms with Crippen LogP contribution in [0.5, 0.6) is 0 Å². The maximum atomic E-state index is 2.76. The van der Waals surface area contributed by atoms with Gasteiger partial charge in [0.15, 0.2) is 0 Å². The summed E-state index contributed by atoms with van der Waals surface area (Å²) >= 11 is 0. The number of hydrogen-bond donors (Lipinski definition) is 0. The van der Waals surface area contributed by atoms with Crippen molar-refractivity contribution in [1.82, 2.24) is 0 Å². The molecule has 12 rings (SSSR count). The van der Waals surface area contributed by atoms with Crippen molar-refractivity contribution in [3.8, 4) is 0 Å². The molecular weight excluding hydrogens is 894 g/mol. The number of anilines is 9. The Hall–Kier alpha value is -6.00. The van der Waals surface area contributed by atoms with Gasteiger partial charge in [-0.05, 0) is 211 Å². The number of rotatable bonds is 5. The lowest BCUT2D eigenvalue weighted by Crippen LogP contribution is -2.61. The summed E-state index contributed by atoms with van der Waals surface area (Å²) < 4.78 is 0. The Labute approximate surface area is 445 Å². The first-order valence-corrected chi connectivity index (χ1v) is 27.9. The molecule has 3 aliphatic carbocycles. The van der Waals surface area contributed by atoms with E-state index in [0.717, 1.165) is 36.3 Å². The Morgan fingerprint density at radius 1 is 0.419 bits per heavy atom. The van der Waals surface area contributed by atoms with E-state index in [9.17, 15) is 0 Å². The molecule has 2 aliphatic heterocycles. The second kappa shape index (κ2) is 15.8. The molecule has 0 atom stereocenters. The molecule has 0 radical (unpaired) electrons. The molecule has 0 saturated heterocycles. The van der Waals surface area contributed by atoms with Crippen molar-refractivity contribution in [2.75, 3.05) is 14.7 Å².